The molecule has 1 rings (SSSR count). The molecule has 14 heavy (non-hydrogen) atoms. The lowest BCUT2D eigenvalue weighted by atomic mass is 10.3. The fourth-order valence-corrected chi connectivity index (χ4v) is 1.02. The summed E-state index contributed by atoms with van der Waals surface area (Å²) in [5.41, 5.74) is 6.01. The zero-order valence-electron chi connectivity index (χ0n) is 7.80. The first kappa shape index (κ1) is 10.3. The van der Waals surface area contributed by atoms with Gasteiger partial charge in [-0.3, -0.25) is 0 Å². The standard InChI is InChI=1S/C9H12FN3O/c1-2-12-9(14)13-8-4-6(10)3-7(11)5-8/h3-5H,2,11H2,1H3,(H2,12,13,14). The molecule has 0 spiro atoms. The maximum atomic E-state index is 12.8. The van der Waals surface area contributed by atoms with Gasteiger partial charge in [0.2, 0.25) is 0 Å². The van der Waals surface area contributed by atoms with Crippen LogP contribution < -0.4 is 16.4 Å². The van der Waals surface area contributed by atoms with Crippen molar-refractivity contribution < 1.29 is 9.18 Å². The van der Waals surface area contributed by atoms with E-state index in [9.17, 15) is 9.18 Å². The molecule has 1 aromatic carbocycles. The van der Waals surface area contributed by atoms with Crippen molar-refractivity contribution in [1.82, 2.24) is 5.32 Å². The minimum Gasteiger partial charge on any atom is -0.399 e. The van der Waals surface area contributed by atoms with Gasteiger partial charge in [-0.15, -0.1) is 0 Å². The van der Waals surface area contributed by atoms with Crippen molar-refractivity contribution in [3.8, 4) is 0 Å². The van der Waals surface area contributed by atoms with Gasteiger partial charge in [-0.25, -0.2) is 9.18 Å². The van der Waals surface area contributed by atoms with Crippen molar-refractivity contribution in [1.29, 1.82) is 0 Å². The molecule has 0 aromatic heterocycles. The Kier molecular flexibility index (Phi) is 3.28. The fourth-order valence-electron chi connectivity index (χ4n) is 1.02. The fraction of sp³-hybridized carbons (Fsp3) is 0.222. The van der Waals surface area contributed by atoms with E-state index in [1.165, 1.54) is 18.2 Å². The first-order valence-electron chi connectivity index (χ1n) is 4.22. The number of urea groups is 1. The molecular weight excluding hydrogens is 185 g/mol. The highest BCUT2D eigenvalue weighted by Crippen LogP contribution is 2.14. The number of nitrogens with two attached hydrogens (primary N) is 1. The molecule has 0 aliphatic carbocycles. The van der Waals surface area contributed by atoms with Crippen molar-refractivity contribution in [2.75, 3.05) is 17.6 Å². The largest absolute Gasteiger partial charge is 0.399 e. The lowest BCUT2D eigenvalue weighted by Crippen LogP contribution is -2.28. The van der Waals surface area contributed by atoms with Crippen LogP contribution in [0.4, 0.5) is 20.6 Å². The number of carbonyl (C=O) groups excluding carboxylic acids is 1. The number of rotatable bonds is 2. The third kappa shape index (κ3) is 2.93. The average molecular weight is 197 g/mol. The lowest BCUT2D eigenvalue weighted by Gasteiger charge is -2.06. The van der Waals surface area contributed by atoms with Crippen LogP contribution in [0.5, 0.6) is 0 Å². The van der Waals surface area contributed by atoms with Crippen molar-refractivity contribution in [2.24, 2.45) is 0 Å². The Labute approximate surface area is 81.3 Å². The second-order valence-electron chi connectivity index (χ2n) is 2.76. The summed E-state index contributed by atoms with van der Waals surface area (Å²) in [6, 6.07) is 3.49. The number of anilines is 2. The number of nitrogens with one attached hydrogen (secondary N) is 2. The zero-order chi connectivity index (χ0) is 10.6. The number of carbonyl (C=O) groups is 1. The molecule has 76 valence electrons. The van der Waals surface area contributed by atoms with Gasteiger partial charge in [0, 0.05) is 17.9 Å². The monoisotopic (exact) mass is 197 g/mol. The summed E-state index contributed by atoms with van der Waals surface area (Å²) < 4.78 is 12.8. The van der Waals surface area contributed by atoms with Gasteiger partial charge in [0.15, 0.2) is 0 Å². The third-order valence-corrected chi connectivity index (χ3v) is 1.52. The highest BCUT2D eigenvalue weighted by atomic mass is 19.1. The number of amides is 2. The Hall–Kier alpha value is -1.78. The molecule has 2 amide bonds. The zero-order valence-corrected chi connectivity index (χ0v) is 7.80. The van der Waals surface area contributed by atoms with Crippen LogP contribution in [-0.4, -0.2) is 12.6 Å². The van der Waals surface area contributed by atoms with E-state index in [-0.39, 0.29) is 11.7 Å². The molecule has 5 heteroatoms. The summed E-state index contributed by atoms with van der Waals surface area (Å²) in [5, 5.41) is 4.97. The second-order valence-corrected chi connectivity index (χ2v) is 2.76. The molecule has 0 aliphatic rings. The average Bonchev–Trinajstić information content (AvgIpc) is 2.01. The van der Waals surface area contributed by atoms with Gasteiger partial charge in [-0.2, -0.15) is 0 Å². The van der Waals surface area contributed by atoms with E-state index in [1.54, 1.807) is 6.92 Å². The van der Waals surface area contributed by atoms with E-state index in [2.05, 4.69) is 10.6 Å². The molecule has 4 nitrogen and oxygen atoms in total. The summed E-state index contributed by atoms with van der Waals surface area (Å²) in [4.78, 5) is 11.0. The molecule has 0 atom stereocenters. The molecule has 0 fully saturated rings. The maximum absolute atomic E-state index is 12.8. The van der Waals surface area contributed by atoms with Gasteiger partial charge < -0.3 is 16.4 Å². The molecule has 0 bridgehead atoms. The minimum atomic E-state index is -0.475. The van der Waals surface area contributed by atoms with Crippen LogP contribution >= 0.6 is 0 Å². The van der Waals surface area contributed by atoms with Crippen LogP contribution in [0.2, 0.25) is 0 Å². The smallest absolute Gasteiger partial charge is 0.319 e. The molecule has 0 aliphatic heterocycles. The third-order valence-electron chi connectivity index (χ3n) is 1.52. The Morgan fingerprint density at radius 3 is 2.79 bits per heavy atom. The van der Waals surface area contributed by atoms with Crippen LogP contribution in [-0.2, 0) is 0 Å². The number of nitrogen functional groups attached to an aromatic ring is 1. The number of halogens is 1. The molecule has 1 aromatic rings. The van der Waals surface area contributed by atoms with Crippen LogP contribution in [0.15, 0.2) is 18.2 Å². The van der Waals surface area contributed by atoms with Gasteiger partial charge in [0.25, 0.3) is 0 Å². The molecule has 0 unspecified atom stereocenters. The van der Waals surface area contributed by atoms with E-state index in [4.69, 9.17) is 5.73 Å². The van der Waals surface area contributed by atoms with Crippen LogP contribution in [0.25, 0.3) is 0 Å². The highest BCUT2D eigenvalue weighted by Gasteiger charge is 2.02. The van der Waals surface area contributed by atoms with Gasteiger partial charge in [0.1, 0.15) is 5.82 Å². The van der Waals surface area contributed by atoms with E-state index in [0.717, 1.165) is 0 Å². The Morgan fingerprint density at radius 1 is 1.50 bits per heavy atom. The molecule has 0 radical (unpaired) electrons. The molecule has 0 saturated carbocycles. The van der Waals surface area contributed by atoms with Gasteiger partial charge in [0.05, 0.1) is 0 Å². The molecule has 4 N–H and O–H groups in total. The van der Waals surface area contributed by atoms with E-state index in [1.807, 2.05) is 0 Å². The molecule has 0 heterocycles. The van der Waals surface area contributed by atoms with Gasteiger partial charge in [-0.05, 0) is 25.1 Å². The Balaban J connectivity index is 2.71. The summed E-state index contributed by atoms with van der Waals surface area (Å²) in [7, 11) is 0. The predicted molar refractivity (Wildman–Crippen MR) is 53.5 cm³/mol. The first-order valence-corrected chi connectivity index (χ1v) is 4.22. The molecular formula is C9H12FN3O. The second kappa shape index (κ2) is 4.45. The van der Waals surface area contributed by atoms with Gasteiger partial charge >= 0.3 is 6.03 Å². The maximum Gasteiger partial charge on any atom is 0.319 e. The summed E-state index contributed by atoms with van der Waals surface area (Å²) in [6.45, 7) is 2.30. The quantitative estimate of drug-likeness (QED) is 0.629. The van der Waals surface area contributed by atoms with Crippen molar-refractivity contribution >= 4 is 17.4 Å². The van der Waals surface area contributed by atoms with Crippen LogP contribution in [0, 0.1) is 5.82 Å². The first-order chi connectivity index (χ1) is 6.61. The SMILES string of the molecule is CCNC(=O)Nc1cc(N)cc(F)c1. The highest BCUT2D eigenvalue weighted by molar-refractivity contribution is 5.89. The normalized spacial score (nSPS) is 9.57. The topological polar surface area (TPSA) is 67.2 Å². The number of benzene rings is 1. The summed E-state index contributed by atoms with van der Waals surface area (Å²) in [6.07, 6.45) is 0. The summed E-state index contributed by atoms with van der Waals surface area (Å²) >= 11 is 0. The predicted octanol–water partition coefficient (Wildman–Crippen LogP) is 1.55. The van der Waals surface area contributed by atoms with Crippen molar-refractivity contribution in [2.45, 2.75) is 6.92 Å². The van der Waals surface area contributed by atoms with Crippen molar-refractivity contribution in [3.05, 3.63) is 24.0 Å². The number of hydrogen-bond donors (Lipinski definition) is 3. The van der Waals surface area contributed by atoms with E-state index < -0.39 is 5.82 Å². The Bertz CT molecular complexity index is 321. The summed E-state index contributed by atoms with van der Waals surface area (Å²) in [5.74, 6) is -0.475. The van der Waals surface area contributed by atoms with Crippen LogP contribution in [0.1, 0.15) is 6.92 Å². The number of hydrogen-bond acceptors (Lipinski definition) is 2. The van der Waals surface area contributed by atoms with E-state index >= 15 is 0 Å². The van der Waals surface area contributed by atoms with Gasteiger partial charge in [-0.1, -0.05) is 0 Å². The van der Waals surface area contributed by atoms with Crippen molar-refractivity contribution in [3.63, 3.8) is 0 Å². The minimum absolute atomic E-state index is 0.275. The Morgan fingerprint density at radius 2 is 2.21 bits per heavy atom. The van der Waals surface area contributed by atoms with Crippen LogP contribution in [0.3, 0.4) is 0 Å². The van der Waals surface area contributed by atoms with E-state index in [0.29, 0.717) is 12.2 Å². The molecule has 0 saturated heterocycles. The lowest BCUT2D eigenvalue weighted by molar-refractivity contribution is 0.252.